The van der Waals surface area contributed by atoms with Gasteiger partial charge in [-0.3, -0.25) is 0 Å². The lowest BCUT2D eigenvalue weighted by atomic mass is 10.4. The zero-order chi connectivity index (χ0) is 8.20. The van der Waals surface area contributed by atoms with Crippen LogP contribution < -0.4 is 4.98 Å². The molecule has 0 atom stereocenters. The molecule has 0 aromatic heterocycles. The molecule has 0 fully saturated rings. The second-order valence-corrected chi connectivity index (χ2v) is 8.49. The Balaban J connectivity index is 3.63. The summed E-state index contributed by atoms with van der Waals surface area (Å²) >= 11 is 0. The summed E-state index contributed by atoms with van der Waals surface area (Å²) in [5.41, 5.74) is 0. The first kappa shape index (κ1) is 10.2. The van der Waals surface area contributed by atoms with Gasteiger partial charge in [-0.05, 0) is 12.1 Å². The van der Waals surface area contributed by atoms with Crippen molar-refractivity contribution in [2.24, 2.45) is 0 Å². The Hall–Kier alpha value is 0.177. The van der Waals surface area contributed by atoms with Crippen molar-refractivity contribution in [1.29, 1.82) is 0 Å². The number of nitrogens with one attached hydrogen (secondary N) is 1. The van der Waals surface area contributed by atoms with Crippen molar-refractivity contribution >= 4 is 8.24 Å². The lowest BCUT2D eigenvalue weighted by molar-refractivity contribution is 0.725. The molecule has 62 valence electrons. The Morgan fingerprint density at radius 1 is 1.30 bits per heavy atom. The second kappa shape index (κ2) is 4.14. The maximum atomic E-state index is 3.66. The smallest absolute Gasteiger partial charge is 0.119 e. The van der Waals surface area contributed by atoms with E-state index in [4.69, 9.17) is 0 Å². The van der Waals surface area contributed by atoms with Gasteiger partial charge in [-0.15, -0.1) is 0 Å². The van der Waals surface area contributed by atoms with E-state index in [-0.39, 0.29) is 0 Å². The maximum absolute atomic E-state index is 3.66. The number of hydrogen-bond acceptors (Lipinski definition) is 1. The molecule has 0 unspecified atom stereocenters. The van der Waals surface area contributed by atoms with Gasteiger partial charge in [0.25, 0.3) is 0 Å². The van der Waals surface area contributed by atoms with Crippen LogP contribution in [0.3, 0.4) is 0 Å². The van der Waals surface area contributed by atoms with Crippen LogP contribution in [0.15, 0.2) is 0 Å². The first-order valence-electron chi connectivity index (χ1n) is 4.25. The normalized spacial score (nSPS) is 12.6. The maximum Gasteiger partial charge on any atom is 0.119 e. The van der Waals surface area contributed by atoms with Gasteiger partial charge in [0.1, 0.15) is 8.24 Å². The van der Waals surface area contributed by atoms with Gasteiger partial charge in [0.2, 0.25) is 0 Å². The Morgan fingerprint density at radius 2 is 1.80 bits per heavy atom. The van der Waals surface area contributed by atoms with Crippen molar-refractivity contribution in [2.45, 2.75) is 52.4 Å². The Morgan fingerprint density at radius 3 is 2.10 bits per heavy atom. The van der Waals surface area contributed by atoms with Crippen molar-refractivity contribution < 1.29 is 0 Å². The molecule has 0 aromatic rings. The molecule has 1 N–H and O–H groups in total. The molecule has 0 amide bonds. The molecule has 0 saturated heterocycles. The second-order valence-electron chi connectivity index (χ2n) is 3.93. The molecule has 10 heavy (non-hydrogen) atoms. The monoisotopic (exact) mass is 159 g/mol. The summed E-state index contributed by atoms with van der Waals surface area (Å²) in [6.07, 6.45) is 1.32. The summed E-state index contributed by atoms with van der Waals surface area (Å²) in [5.74, 6) is 0. The van der Waals surface area contributed by atoms with Gasteiger partial charge in [0.15, 0.2) is 0 Å². The van der Waals surface area contributed by atoms with E-state index in [9.17, 15) is 0 Å². The van der Waals surface area contributed by atoms with Gasteiger partial charge in [0, 0.05) is 0 Å². The van der Waals surface area contributed by atoms with E-state index >= 15 is 0 Å². The molecule has 0 aromatic carbocycles. The molecule has 0 spiro atoms. The summed E-state index contributed by atoms with van der Waals surface area (Å²) in [6, 6.07) is 2.05. The highest BCUT2D eigenvalue weighted by Gasteiger charge is 2.19. The summed E-state index contributed by atoms with van der Waals surface area (Å²) in [4.78, 5) is 3.66. The van der Waals surface area contributed by atoms with E-state index in [1.165, 1.54) is 12.5 Å². The molecule has 0 aliphatic rings. The van der Waals surface area contributed by atoms with Gasteiger partial charge in [-0.25, -0.2) is 0 Å². The van der Waals surface area contributed by atoms with Crippen LogP contribution in [-0.2, 0) is 0 Å². The van der Waals surface area contributed by atoms with Gasteiger partial charge >= 0.3 is 0 Å². The topological polar surface area (TPSA) is 12.0 Å². The van der Waals surface area contributed by atoms with Crippen LogP contribution in [0.4, 0.5) is 0 Å². The van der Waals surface area contributed by atoms with Crippen LogP contribution in [0, 0.1) is 0 Å². The molecule has 2 heteroatoms. The third-order valence-corrected chi connectivity index (χ3v) is 4.66. The van der Waals surface area contributed by atoms with E-state index < -0.39 is 8.24 Å². The molecule has 0 bridgehead atoms. The third-order valence-electron chi connectivity index (χ3n) is 1.55. The fraction of sp³-hybridized carbons (Fsp3) is 1.00. The minimum atomic E-state index is -1.02. The SMILES string of the molecule is CCC[Si](C)(C)NC(C)C. The highest BCUT2D eigenvalue weighted by atomic mass is 28.3. The number of rotatable bonds is 4. The molecule has 0 aliphatic carbocycles. The van der Waals surface area contributed by atoms with Gasteiger partial charge in [-0.2, -0.15) is 0 Å². The van der Waals surface area contributed by atoms with E-state index in [2.05, 4.69) is 38.8 Å². The summed E-state index contributed by atoms with van der Waals surface area (Å²) in [6.45, 7) is 11.5. The van der Waals surface area contributed by atoms with Crippen LogP contribution in [0.1, 0.15) is 27.2 Å². The average molecular weight is 159 g/mol. The quantitative estimate of drug-likeness (QED) is 0.622. The van der Waals surface area contributed by atoms with E-state index in [1.54, 1.807) is 0 Å². The van der Waals surface area contributed by atoms with E-state index in [0.29, 0.717) is 6.04 Å². The first-order valence-corrected chi connectivity index (χ1v) is 7.46. The zero-order valence-electron chi connectivity index (χ0n) is 7.99. The molecule has 0 aliphatic heterocycles. The highest BCUT2D eigenvalue weighted by Crippen LogP contribution is 2.08. The highest BCUT2D eigenvalue weighted by molar-refractivity contribution is 6.75. The minimum Gasteiger partial charge on any atom is -0.335 e. The van der Waals surface area contributed by atoms with Crippen molar-refractivity contribution in [3.8, 4) is 0 Å². The predicted octanol–water partition coefficient (Wildman–Crippen LogP) is 2.60. The van der Waals surface area contributed by atoms with E-state index in [1.807, 2.05) is 0 Å². The van der Waals surface area contributed by atoms with Crippen LogP contribution in [-0.4, -0.2) is 14.3 Å². The molecule has 0 heterocycles. The third kappa shape index (κ3) is 5.00. The number of hydrogen-bond donors (Lipinski definition) is 1. The van der Waals surface area contributed by atoms with Crippen molar-refractivity contribution in [1.82, 2.24) is 4.98 Å². The van der Waals surface area contributed by atoms with Crippen LogP contribution >= 0.6 is 0 Å². The van der Waals surface area contributed by atoms with Crippen LogP contribution in [0.2, 0.25) is 19.1 Å². The van der Waals surface area contributed by atoms with Crippen molar-refractivity contribution in [3.05, 3.63) is 0 Å². The fourth-order valence-electron chi connectivity index (χ4n) is 1.48. The van der Waals surface area contributed by atoms with Gasteiger partial charge in [-0.1, -0.05) is 40.3 Å². The Labute approximate surface area is 66.3 Å². The molecule has 0 saturated carbocycles. The molecule has 0 rings (SSSR count). The van der Waals surface area contributed by atoms with Crippen molar-refractivity contribution in [3.63, 3.8) is 0 Å². The largest absolute Gasteiger partial charge is 0.335 e. The van der Waals surface area contributed by atoms with Gasteiger partial charge < -0.3 is 4.98 Å². The van der Waals surface area contributed by atoms with Crippen LogP contribution in [0.5, 0.6) is 0 Å². The minimum absolute atomic E-state index is 0.660. The first-order chi connectivity index (χ1) is 4.48. The Kier molecular flexibility index (Phi) is 4.21. The summed E-state index contributed by atoms with van der Waals surface area (Å²) in [5, 5.41) is 0. The molecule has 0 radical (unpaired) electrons. The van der Waals surface area contributed by atoms with Gasteiger partial charge in [0.05, 0.1) is 0 Å². The Bertz CT molecular complexity index is 89.3. The lowest BCUT2D eigenvalue weighted by Crippen LogP contribution is -2.47. The summed E-state index contributed by atoms with van der Waals surface area (Å²) < 4.78 is 0. The molecule has 1 nitrogen and oxygen atoms in total. The zero-order valence-corrected chi connectivity index (χ0v) is 8.99. The summed E-state index contributed by atoms with van der Waals surface area (Å²) in [7, 11) is -1.02. The standard InChI is InChI=1S/C8H21NSi/c1-6-7-10(4,5)9-8(2)3/h8-9H,6-7H2,1-5H3. The van der Waals surface area contributed by atoms with Crippen molar-refractivity contribution in [2.75, 3.05) is 0 Å². The average Bonchev–Trinajstić information content (AvgIpc) is 1.59. The van der Waals surface area contributed by atoms with Crippen LogP contribution in [0.25, 0.3) is 0 Å². The molecular weight excluding hydrogens is 138 g/mol. The van der Waals surface area contributed by atoms with E-state index in [0.717, 1.165) is 0 Å². The fourth-order valence-corrected chi connectivity index (χ4v) is 4.44. The molecular formula is C8H21NSi. The predicted molar refractivity (Wildman–Crippen MR) is 50.9 cm³/mol. The lowest BCUT2D eigenvalue weighted by Gasteiger charge is -2.25.